The Morgan fingerprint density at radius 2 is 2.00 bits per heavy atom. The summed E-state index contributed by atoms with van der Waals surface area (Å²) in [5, 5.41) is 27.6. The van der Waals surface area contributed by atoms with Crippen molar-refractivity contribution in [3.05, 3.63) is 68.8 Å². The van der Waals surface area contributed by atoms with Gasteiger partial charge in [-0.3, -0.25) is 19.7 Å². The fourth-order valence-corrected chi connectivity index (χ4v) is 3.53. The SMILES string of the molecule is COc1ccc(-c2noc(CCC(=O)NCCCNc3n[nH]c(=O)c4cccc([N+](=O)[O-])c34)n2)cc1. The molecular formula is C23H23N7O6. The average Bonchev–Trinajstić information content (AvgIpc) is 3.37. The number of nitrogens with one attached hydrogen (secondary N) is 3. The second-order valence-electron chi connectivity index (χ2n) is 7.73. The number of ether oxygens (including phenoxy) is 1. The summed E-state index contributed by atoms with van der Waals surface area (Å²) in [4.78, 5) is 39.3. The summed E-state index contributed by atoms with van der Waals surface area (Å²) in [6.07, 6.45) is 0.997. The van der Waals surface area contributed by atoms with Gasteiger partial charge in [0.15, 0.2) is 5.82 Å². The number of nitro benzene ring substituents is 1. The number of nitrogens with zero attached hydrogens (tertiary/aromatic N) is 4. The predicted octanol–water partition coefficient (Wildman–Crippen LogP) is 2.44. The molecule has 13 nitrogen and oxygen atoms in total. The number of hydrogen-bond donors (Lipinski definition) is 3. The molecule has 0 saturated heterocycles. The molecule has 186 valence electrons. The molecule has 0 unspecified atom stereocenters. The third kappa shape index (κ3) is 5.63. The van der Waals surface area contributed by atoms with Crippen LogP contribution in [-0.2, 0) is 11.2 Å². The normalized spacial score (nSPS) is 10.8. The maximum atomic E-state index is 12.2. The fourth-order valence-electron chi connectivity index (χ4n) is 3.53. The van der Waals surface area contributed by atoms with Crippen molar-refractivity contribution in [1.29, 1.82) is 0 Å². The highest BCUT2D eigenvalue weighted by atomic mass is 16.6. The van der Waals surface area contributed by atoms with Crippen LogP contribution in [0.25, 0.3) is 22.2 Å². The van der Waals surface area contributed by atoms with Gasteiger partial charge in [-0.25, -0.2) is 5.10 Å². The molecule has 36 heavy (non-hydrogen) atoms. The van der Waals surface area contributed by atoms with Crippen molar-refractivity contribution in [2.75, 3.05) is 25.5 Å². The lowest BCUT2D eigenvalue weighted by Gasteiger charge is -2.09. The zero-order valence-electron chi connectivity index (χ0n) is 19.3. The largest absolute Gasteiger partial charge is 0.497 e. The molecule has 0 bridgehead atoms. The minimum Gasteiger partial charge on any atom is -0.497 e. The molecule has 0 spiro atoms. The number of H-pyrrole nitrogens is 1. The topological polar surface area (TPSA) is 178 Å². The van der Waals surface area contributed by atoms with Crippen LogP contribution < -0.4 is 20.9 Å². The fraction of sp³-hybridized carbons (Fsp3) is 0.261. The van der Waals surface area contributed by atoms with Gasteiger partial charge in [0.05, 0.1) is 17.4 Å². The van der Waals surface area contributed by atoms with Crippen molar-refractivity contribution in [3.63, 3.8) is 0 Å². The highest BCUT2D eigenvalue weighted by molar-refractivity contribution is 5.98. The van der Waals surface area contributed by atoms with Crippen molar-refractivity contribution < 1.29 is 19.0 Å². The zero-order valence-corrected chi connectivity index (χ0v) is 19.3. The molecule has 0 aliphatic carbocycles. The number of nitro groups is 1. The molecule has 0 saturated carbocycles. The molecule has 0 aliphatic heterocycles. The molecule has 0 atom stereocenters. The first kappa shape index (κ1) is 24.3. The summed E-state index contributed by atoms with van der Waals surface area (Å²) in [5.74, 6) is 1.53. The standard InChI is InChI=1S/C23H23N7O6/c1-35-15-8-6-14(7-9-15)21-26-19(36-29-21)11-10-18(31)24-12-3-13-25-22-20-16(23(32)28-27-22)4-2-5-17(20)30(33)34/h2,4-9H,3,10-13H2,1H3,(H,24,31)(H,25,27)(H,28,32). The van der Waals surface area contributed by atoms with Gasteiger partial charge < -0.3 is 19.9 Å². The number of aromatic nitrogens is 4. The zero-order chi connectivity index (χ0) is 25.5. The van der Waals surface area contributed by atoms with Crippen LogP contribution in [0.1, 0.15) is 18.7 Å². The van der Waals surface area contributed by atoms with E-state index in [1.165, 1.54) is 18.2 Å². The van der Waals surface area contributed by atoms with Gasteiger partial charge in [-0.1, -0.05) is 11.2 Å². The van der Waals surface area contributed by atoms with E-state index in [0.29, 0.717) is 37.6 Å². The van der Waals surface area contributed by atoms with Gasteiger partial charge in [0, 0.05) is 37.6 Å². The van der Waals surface area contributed by atoms with Crippen molar-refractivity contribution in [1.82, 2.24) is 25.7 Å². The number of hydrogen-bond acceptors (Lipinski definition) is 10. The van der Waals surface area contributed by atoms with Gasteiger partial charge in [-0.2, -0.15) is 10.1 Å². The Labute approximate surface area is 204 Å². The molecule has 1 amide bonds. The molecule has 2 heterocycles. The monoisotopic (exact) mass is 493 g/mol. The van der Waals surface area contributed by atoms with Gasteiger partial charge in [0.1, 0.15) is 11.1 Å². The van der Waals surface area contributed by atoms with E-state index in [4.69, 9.17) is 9.26 Å². The van der Waals surface area contributed by atoms with Crippen LogP contribution in [0.2, 0.25) is 0 Å². The third-order valence-corrected chi connectivity index (χ3v) is 5.34. The highest BCUT2D eigenvalue weighted by Gasteiger charge is 2.18. The molecular weight excluding hydrogens is 470 g/mol. The molecule has 4 rings (SSSR count). The van der Waals surface area contributed by atoms with Crippen molar-refractivity contribution >= 4 is 28.2 Å². The smallest absolute Gasteiger partial charge is 0.281 e. The van der Waals surface area contributed by atoms with Gasteiger partial charge in [0.25, 0.3) is 11.2 Å². The Morgan fingerprint density at radius 1 is 1.19 bits per heavy atom. The number of amides is 1. The summed E-state index contributed by atoms with van der Waals surface area (Å²) in [5.41, 5.74) is 0.0554. The Balaban J connectivity index is 1.23. The highest BCUT2D eigenvalue weighted by Crippen LogP contribution is 2.28. The van der Waals surface area contributed by atoms with Crippen LogP contribution in [0.15, 0.2) is 51.8 Å². The first-order chi connectivity index (χ1) is 17.5. The second-order valence-corrected chi connectivity index (χ2v) is 7.73. The summed E-state index contributed by atoms with van der Waals surface area (Å²) >= 11 is 0. The Kier molecular flexibility index (Phi) is 7.48. The molecule has 0 aliphatic rings. The third-order valence-electron chi connectivity index (χ3n) is 5.34. The summed E-state index contributed by atoms with van der Waals surface area (Å²) in [6, 6.07) is 11.5. The predicted molar refractivity (Wildman–Crippen MR) is 130 cm³/mol. The van der Waals surface area contributed by atoms with Crippen LogP contribution in [0.4, 0.5) is 11.5 Å². The summed E-state index contributed by atoms with van der Waals surface area (Å²) in [6.45, 7) is 0.742. The number of anilines is 1. The lowest BCUT2D eigenvalue weighted by atomic mass is 10.1. The number of fused-ring (bicyclic) bond motifs is 1. The van der Waals surface area contributed by atoms with Crippen LogP contribution in [-0.4, -0.2) is 51.4 Å². The van der Waals surface area contributed by atoms with Gasteiger partial charge in [0.2, 0.25) is 17.6 Å². The van der Waals surface area contributed by atoms with Crippen LogP contribution >= 0.6 is 0 Å². The number of carbonyl (C=O) groups is 1. The van der Waals surface area contributed by atoms with Crippen molar-refractivity contribution in [2.24, 2.45) is 0 Å². The number of carbonyl (C=O) groups excluding carboxylic acids is 1. The number of aromatic amines is 1. The quantitative estimate of drug-likeness (QED) is 0.160. The minimum atomic E-state index is -0.557. The van der Waals surface area contributed by atoms with E-state index < -0.39 is 10.5 Å². The van der Waals surface area contributed by atoms with E-state index in [-0.39, 0.29) is 34.6 Å². The van der Waals surface area contributed by atoms with E-state index >= 15 is 0 Å². The van der Waals surface area contributed by atoms with Crippen LogP contribution in [0.3, 0.4) is 0 Å². The summed E-state index contributed by atoms with van der Waals surface area (Å²) in [7, 11) is 1.59. The van der Waals surface area contributed by atoms with Crippen LogP contribution in [0.5, 0.6) is 5.75 Å². The van der Waals surface area contributed by atoms with E-state index in [1.54, 1.807) is 19.2 Å². The van der Waals surface area contributed by atoms with E-state index in [9.17, 15) is 19.7 Å². The first-order valence-corrected chi connectivity index (χ1v) is 11.1. The summed E-state index contributed by atoms with van der Waals surface area (Å²) < 4.78 is 10.4. The van der Waals surface area contributed by atoms with E-state index in [0.717, 1.165) is 11.3 Å². The van der Waals surface area contributed by atoms with Gasteiger partial charge >= 0.3 is 0 Å². The molecule has 3 N–H and O–H groups in total. The molecule has 0 radical (unpaired) electrons. The Hall–Kier alpha value is -4.81. The van der Waals surface area contributed by atoms with Crippen molar-refractivity contribution in [3.8, 4) is 17.1 Å². The Bertz CT molecular complexity index is 1430. The lowest BCUT2D eigenvalue weighted by Crippen LogP contribution is -2.26. The lowest BCUT2D eigenvalue weighted by molar-refractivity contribution is -0.383. The van der Waals surface area contributed by atoms with Crippen molar-refractivity contribution in [2.45, 2.75) is 19.3 Å². The number of methoxy groups -OCH3 is 1. The first-order valence-electron chi connectivity index (χ1n) is 11.1. The van der Waals surface area contributed by atoms with Gasteiger partial charge in [-0.15, -0.1) is 0 Å². The maximum Gasteiger partial charge on any atom is 0.281 e. The molecule has 2 aromatic carbocycles. The maximum absolute atomic E-state index is 12.2. The van der Waals surface area contributed by atoms with Gasteiger partial charge in [-0.05, 0) is 36.8 Å². The number of non-ortho nitro benzene ring substituents is 1. The van der Waals surface area contributed by atoms with Crippen LogP contribution in [0, 0.1) is 10.1 Å². The number of aryl methyl sites for hydroxylation is 1. The molecule has 0 fully saturated rings. The molecule has 2 aromatic heterocycles. The second kappa shape index (κ2) is 11.1. The average molecular weight is 493 g/mol. The minimum absolute atomic E-state index is 0.142. The van der Waals surface area contributed by atoms with E-state index in [1.807, 2.05) is 12.1 Å². The molecule has 13 heteroatoms. The Morgan fingerprint density at radius 3 is 2.75 bits per heavy atom. The number of benzene rings is 2. The molecule has 4 aromatic rings. The van der Waals surface area contributed by atoms with E-state index in [2.05, 4.69) is 31.0 Å². The number of rotatable bonds is 11.